The van der Waals surface area contributed by atoms with E-state index >= 15 is 0 Å². The van der Waals surface area contributed by atoms with Crippen LogP contribution < -0.4 is 0 Å². The average molecular weight is 372 g/mol. The maximum Gasteiger partial charge on any atom is 0.200 e. The van der Waals surface area contributed by atoms with Gasteiger partial charge in [-0.1, -0.05) is 18.2 Å². The smallest absolute Gasteiger partial charge is 0.200 e. The van der Waals surface area contributed by atoms with Crippen molar-refractivity contribution < 1.29 is 4.79 Å². The lowest BCUT2D eigenvalue weighted by atomic mass is 9.90. The molecule has 20 heavy (non-hydrogen) atoms. The Hall–Kier alpha value is -2.00. The Morgan fingerprint density at radius 2 is 1.85 bits per heavy atom. The Morgan fingerprint density at radius 1 is 1.15 bits per heavy atom. The minimum Gasteiger partial charge on any atom is -0.288 e. The fraction of sp³-hybridized carbons (Fsp3) is 0.0625. The zero-order chi connectivity index (χ0) is 14.1. The molecule has 0 fully saturated rings. The number of nitrogens with zero attached hydrogens (tertiary/aromatic N) is 2. The normalized spacial score (nSPS) is 13.4. The van der Waals surface area contributed by atoms with Crippen LogP contribution in [0.25, 0.3) is 11.1 Å². The Bertz CT molecular complexity index is 770. The van der Waals surface area contributed by atoms with Crippen LogP contribution in [-0.4, -0.2) is 10.8 Å². The topological polar surface area (TPSA) is 53.8 Å². The van der Waals surface area contributed by atoms with Crippen LogP contribution in [0.1, 0.15) is 21.5 Å². The summed E-state index contributed by atoms with van der Waals surface area (Å²) in [7, 11) is 0. The highest BCUT2D eigenvalue weighted by atomic mass is 127. The van der Waals surface area contributed by atoms with E-state index in [-0.39, 0.29) is 5.78 Å². The molecular weight excluding hydrogens is 363 g/mol. The third-order valence-electron chi connectivity index (χ3n) is 3.33. The van der Waals surface area contributed by atoms with E-state index in [1.807, 2.05) is 18.2 Å². The molecule has 4 heteroatoms. The fourth-order valence-electron chi connectivity index (χ4n) is 2.29. The lowest BCUT2D eigenvalue weighted by Gasteiger charge is -2.16. The van der Waals surface area contributed by atoms with Gasteiger partial charge >= 0.3 is 0 Å². The van der Waals surface area contributed by atoms with Crippen molar-refractivity contribution >= 4 is 28.4 Å². The molecule has 0 saturated heterocycles. The first-order chi connectivity index (χ1) is 9.70. The minimum absolute atomic E-state index is 0.0369. The standard InChI is InChI=1S/C16H9IN2O/c17-15-6-5-12-13(8-19-9-14(12)16(15)20)11-3-1-10(7-18)2-4-11/h1-4,6,8-9H,5H2. The van der Waals surface area contributed by atoms with E-state index in [0.29, 0.717) is 11.1 Å². The SMILES string of the molecule is N#Cc1ccc(-c2cncc3c2CC=C(I)C3=O)cc1. The molecule has 3 nitrogen and oxygen atoms in total. The van der Waals surface area contributed by atoms with Gasteiger partial charge in [0.1, 0.15) is 0 Å². The highest BCUT2D eigenvalue weighted by Crippen LogP contribution is 2.32. The van der Waals surface area contributed by atoms with Crippen molar-refractivity contribution in [2.75, 3.05) is 0 Å². The van der Waals surface area contributed by atoms with Gasteiger partial charge in [0.25, 0.3) is 0 Å². The summed E-state index contributed by atoms with van der Waals surface area (Å²) in [5.74, 6) is 0.0369. The second-order valence-electron chi connectivity index (χ2n) is 4.49. The van der Waals surface area contributed by atoms with E-state index in [1.54, 1.807) is 24.5 Å². The molecule has 0 aliphatic heterocycles. The highest BCUT2D eigenvalue weighted by molar-refractivity contribution is 14.1. The van der Waals surface area contributed by atoms with Gasteiger partial charge in [-0.05, 0) is 52.3 Å². The summed E-state index contributed by atoms with van der Waals surface area (Å²) in [6.45, 7) is 0. The third-order valence-corrected chi connectivity index (χ3v) is 4.26. The predicted molar refractivity (Wildman–Crippen MR) is 84.5 cm³/mol. The molecule has 96 valence electrons. The zero-order valence-corrected chi connectivity index (χ0v) is 12.6. The highest BCUT2D eigenvalue weighted by Gasteiger charge is 2.21. The Morgan fingerprint density at radius 3 is 2.55 bits per heavy atom. The van der Waals surface area contributed by atoms with Crippen LogP contribution in [-0.2, 0) is 6.42 Å². The van der Waals surface area contributed by atoms with Crippen LogP contribution in [0.3, 0.4) is 0 Å². The van der Waals surface area contributed by atoms with Gasteiger partial charge in [0.15, 0.2) is 0 Å². The molecule has 1 aromatic carbocycles. The van der Waals surface area contributed by atoms with Gasteiger partial charge < -0.3 is 0 Å². The number of pyridine rings is 1. The van der Waals surface area contributed by atoms with Crippen LogP contribution in [0, 0.1) is 11.3 Å². The molecule has 0 unspecified atom stereocenters. The second-order valence-corrected chi connectivity index (χ2v) is 5.65. The zero-order valence-electron chi connectivity index (χ0n) is 10.4. The molecule has 0 N–H and O–H groups in total. The van der Waals surface area contributed by atoms with Crippen molar-refractivity contribution in [2.45, 2.75) is 6.42 Å². The Kier molecular flexibility index (Phi) is 3.36. The number of hydrogen-bond donors (Lipinski definition) is 0. The van der Waals surface area contributed by atoms with Crippen LogP contribution >= 0.6 is 22.6 Å². The summed E-state index contributed by atoms with van der Waals surface area (Å²) in [5, 5.41) is 8.84. The lowest BCUT2D eigenvalue weighted by Crippen LogP contribution is -2.10. The van der Waals surface area contributed by atoms with Gasteiger partial charge in [0.2, 0.25) is 5.78 Å². The number of ketones is 1. The molecule has 0 saturated carbocycles. The summed E-state index contributed by atoms with van der Waals surface area (Å²) in [6, 6.07) is 9.44. The first kappa shape index (κ1) is 13.0. The van der Waals surface area contributed by atoms with E-state index < -0.39 is 0 Å². The van der Waals surface area contributed by atoms with Gasteiger partial charge in [-0.2, -0.15) is 5.26 Å². The van der Waals surface area contributed by atoms with Crippen molar-refractivity contribution in [1.29, 1.82) is 5.26 Å². The molecule has 1 heterocycles. The lowest BCUT2D eigenvalue weighted by molar-refractivity contribution is 0.104. The summed E-state index contributed by atoms with van der Waals surface area (Å²) >= 11 is 2.06. The molecule has 1 aliphatic carbocycles. The number of carbonyl (C=O) groups is 1. The number of aromatic nitrogens is 1. The number of carbonyl (C=O) groups excluding carboxylic acids is 1. The summed E-state index contributed by atoms with van der Waals surface area (Å²) in [4.78, 5) is 16.3. The first-order valence-electron chi connectivity index (χ1n) is 6.08. The number of hydrogen-bond acceptors (Lipinski definition) is 3. The predicted octanol–water partition coefficient (Wildman–Crippen LogP) is 3.68. The number of benzene rings is 1. The van der Waals surface area contributed by atoms with E-state index in [0.717, 1.165) is 26.7 Å². The van der Waals surface area contributed by atoms with Crippen molar-refractivity contribution in [3.8, 4) is 17.2 Å². The van der Waals surface area contributed by atoms with E-state index in [1.165, 1.54) is 0 Å². The molecule has 0 spiro atoms. The van der Waals surface area contributed by atoms with E-state index in [2.05, 4.69) is 33.6 Å². The van der Waals surface area contributed by atoms with Crippen molar-refractivity contribution in [3.05, 3.63) is 63.0 Å². The molecule has 0 atom stereocenters. The second kappa shape index (κ2) is 5.17. The number of rotatable bonds is 1. The molecule has 0 amide bonds. The first-order valence-corrected chi connectivity index (χ1v) is 7.16. The van der Waals surface area contributed by atoms with Gasteiger partial charge in [-0.3, -0.25) is 9.78 Å². The van der Waals surface area contributed by atoms with Crippen LogP contribution in [0.15, 0.2) is 46.3 Å². The molecule has 2 aromatic rings. The minimum atomic E-state index is 0.0369. The monoisotopic (exact) mass is 372 g/mol. The van der Waals surface area contributed by atoms with Gasteiger partial charge in [0.05, 0.1) is 15.2 Å². The third kappa shape index (κ3) is 2.14. The summed E-state index contributed by atoms with van der Waals surface area (Å²) < 4.78 is 0.744. The number of halogens is 1. The summed E-state index contributed by atoms with van der Waals surface area (Å²) in [5.41, 5.74) is 4.25. The molecule has 1 aromatic heterocycles. The van der Waals surface area contributed by atoms with Crippen molar-refractivity contribution in [3.63, 3.8) is 0 Å². The van der Waals surface area contributed by atoms with Gasteiger partial charge in [-0.25, -0.2) is 0 Å². The molecule has 0 radical (unpaired) electrons. The number of allylic oxidation sites excluding steroid dienone is 2. The van der Waals surface area contributed by atoms with E-state index in [9.17, 15) is 4.79 Å². The van der Waals surface area contributed by atoms with Crippen molar-refractivity contribution in [2.24, 2.45) is 0 Å². The quantitative estimate of drug-likeness (QED) is 0.718. The van der Waals surface area contributed by atoms with Crippen LogP contribution in [0.5, 0.6) is 0 Å². The Balaban J connectivity index is 2.13. The number of Topliss-reactive ketones (excluding diaryl/α,β-unsaturated/α-hetero) is 1. The summed E-state index contributed by atoms with van der Waals surface area (Å²) in [6.07, 6.45) is 6.09. The average Bonchev–Trinajstić information content (AvgIpc) is 2.51. The maximum atomic E-state index is 12.1. The number of nitriles is 1. The van der Waals surface area contributed by atoms with Crippen molar-refractivity contribution in [1.82, 2.24) is 4.98 Å². The molecule has 3 rings (SSSR count). The fourth-order valence-corrected chi connectivity index (χ4v) is 2.80. The van der Waals surface area contributed by atoms with Crippen LogP contribution in [0.4, 0.5) is 0 Å². The molecule has 0 bridgehead atoms. The largest absolute Gasteiger partial charge is 0.288 e. The van der Waals surface area contributed by atoms with Gasteiger partial charge in [0, 0.05) is 23.5 Å². The maximum absolute atomic E-state index is 12.1. The molecular formula is C16H9IN2O. The van der Waals surface area contributed by atoms with E-state index in [4.69, 9.17) is 5.26 Å². The van der Waals surface area contributed by atoms with Crippen LogP contribution in [0.2, 0.25) is 0 Å². The van der Waals surface area contributed by atoms with Gasteiger partial charge in [-0.15, -0.1) is 0 Å². The number of fused-ring (bicyclic) bond motifs is 1. The molecule has 1 aliphatic rings. The Labute approximate surface area is 130 Å².